The first-order valence-corrected chi connectivity index (χ1v) is 11.1. The fourth-order valence-corrected chi connectivity index (χ4v) is 4.81. The van der Waals surface area contributed by atoms with E-state index in [2.05, 4.69) is 20.9 Å². The van der Waals surface area contributed by atoms with Gasteiger partial charge in [-0.05, 0) is 35.8 Å². The zero-order valence-corrected chi connectivity index (χ0v) is 18.9. The number of aromatic nitrogens is 1. The number of allylic oxidation sites excluding steroid dienone is 1. The highest BCUT2D eigenvalue weighted by molar-refractivity contribution is 9.10. The van der Waals surface area contributed by atoms with E-state index >= 15 is 0 Å². The number of hydrogen-bond donors (Lipinski definition) is 0. The van der Waals surface area contributed by atoms with Crippen molar-refractivity contribution in [1.82, 2.24) is 4.57 Å². The lowest BCUT2D eigenvalue weighted by Gasteiger charge is -2.25. The molecule has 1 aliphatic heterocycles. The summed E-state index contributed by atoms with van der Waals surface area (Å²) in [6.45, 7) is 1.94. The van der Waals surface area contributed by atoms with Gasteiger partial charge in [0.25, 0.3) is 5.56 Å². The summed E-state index contributed by atoms with van der Waals surface area (Å²) in [6.07, 6.45) is 2.41. The van der Waals surface area contributed by atoms with Crippen LogP contribution >= 0.6 is 27.3 Å². The van der Waals surface area contributed by atoms with Gasteiger partial charge in [0.2, 0.25) is 0 Å². The molecule has 0 fully saturated rings. The molecule has 4 rings (SSSR count). The molecule has 0 bridgehead atoms. The van der Waals surface area contributed by atoms with Crippen LogP contribution in [0.3, 0.4) is 0 Å². The quantitative estimate of drug-likeness (QED) is 0.534. The van der Waals surface area contributed by atoms with Crippen molar-refractivity contribution in [3.05, 3.63) is 101 Å². The minimum atomic E-state index is -0.572. The molecule has 0 aliphatic carbocycles. The first kappa shape index (κ1) is 20.5. The lowest BCUT2D eigenvalue weighted by molar-refractivity contribution is -0.136. The maximum Gasteiger partial charge on any atom is 0.338 e. The molecule has 1 aromatic heterocycles. The van der Waals surface area contributed by atoms with Gasteiger partial charge >= 0.3 is 5.97 Å². The third-order valence-electron chi connectivity index (χ3n) is 4.93. The van der Waals surface area contributed by atoms with Crippen LogP contribution in [-0.2, 0) is 9.53 Å². The normalized spacial score (nSPS) is 16.2. The molecular weight excluding hydrogens is 464 g/mol. The molecule has 3 aromatic rings. The molecule has 2 heterocycles. The molecule has 0 unspecified atom stereocenters. The van der Waals surface area contributed by atoms with Gasteiger partial charge in [-0.2, -0.15) is 0 Å². The van der Waals surface area contributed by atoms with E-state index in [4.69, 9.17) is 4.74 Å². The first-order chi connectivity index (χ1) is 14.5. The van der Waals surface area contributed by atoms with Crippen molar-refractivity contribution in [3.63, 3.8) is 0 Å². The molecule has 1 aliphatic rings. The molecule has 30 heavy (non-hydrogen) atoms. The fraction of sp³-hybridized carbons (Fsp3) is 0.174. The lowest BCUT2D eigenvalue weighted by Crippen LogP contribution is -2.40. The van der Waals surface area contributed by atoms with E-state index in [1.165, 1.54) is 18.4 Å². The Kier molecular flexibility index (Phi) is 5.83. The van der Waals surface area contributed by atoms with Gasteiger partial charge in [0.05, 0.1) is 29.0 Å². The summed E-state index contributed by atoms with van der Waals surface area (Å²) in [6, 6.07) is 16.7. The van der Waals surface area contributed by atoms with Gasteiger partial charge in [-0.3, -0.25) is 9.36 Å². The summed E-state index contributed by atoms with van der Waals surface area (Å²) in [7, 11) is 1.35. The Labute approximate surface area is 185 Å². The highest BCUT2D eigenvalue weighted by Gasteiger charge is 2.33. The highest BCUT2D eigenvalue weighted by atomic mass is 79.9. The predicted molar refractivity (Wildman–Crippen MR) is 121 cm³/mol. The van der Waals surface area contributed by atoms with E-state index < -0.39 is 12.0 Å². The minimum absolute atomic E-state index is 0.174. The maximum atomic E-state index is 13.4. The Morgan fingerprint density at radius 3 is 2.53 bits per heavy atom. The number of thiazole rings is 1. The van der Waals surface area contributed by atoms with Crippen LogP contribution in [0.1, 0.15) is 30.5 Å². The summed E-state index contributed by atoms with van der Waals surface area (Å²) in [5.74, 6) is -0.466. The summed E-state index contributed by atoms with van der Waals surface area (Å²) in [4.78, 5) is 31.4. The van der Waals surface area contributed by atoms with Crippen LogP contribution in [0, 0.1) is 0 Å². The molecule has 0 saturated carbocycles. The summed E-state index contributed by atoms with van der Waals surface area (Å²) < 4.78 is 8.21. The molecular formula is C23H19BrN2O3S. The Balaban J connectivity index is 1.99. The second kappa shape index (κ2) is 8.53. The number of esters is 1. The summed E-state index contributed by atoms with van der Waals surface area (Å²) >= 11 is 4.76. The van der Waals surface area contributed by atoms with Gasteiger partial charge < -0.3 is 4.74 Å². The van der Waals surface area contributed by atoms with Gasteiger partial charge in [-0.1, -0.05) is 76.7 Å². The third kappa shape index (κ3) is 3.70. The average molecular weight is 483 g/mol. The van der Waals surface area contributed by atoms with E-state index in [1.54, 1.807) is 4.57 Å². The Bertz CT molecular complexity index is 1310. The standard InChI is InChI=1S/C23H19BrN2O3S/c1-3-17-19(22(28)29-2)20(15-7-5-4-6-8-15)26-21(27)18(30-23(26)25-17)13-14-9-11-16(24)12-10-14/h4-13,20H,3H2,1-2H3/b18-13-/t20-/m0/s1. The number of methoxy groups -OCH3 is 1. The van der Waals surface area contributed by atoms with Gasteiger partial charge in [0, 0.05) is 4.47 Å². The number of ether oxygens (including phenoxy) is 1. The number of fused-ring (bicyclic) bond motifs is 1. The molecule has 5 nitrogen and oxygen atoms in total. The van der Waals surface area contributed by atoms with Crippen molar-refractivity contribution in [3.8, 4) is 0 Å². The van der Waals surface area contributed by atoms with E-state index in [1.807, 2.05) is 67.6 Å². The van der Waals surface area contributed by atoms with Gasteiger partial charge in [0.1, 0.15) is 0 Å². The fourth-order valence-electron chi connectivity index (χ4n) is 3.53. The molecule has 0 amide bonds. The number of carbonyl (C=O) groups is 1. The summed E-state index contributed by atoms with van der Waals surface area (Å²) in [5.41, 5.74) is 2.64. The monoisotopic (exact) mass is 482 g/mol. The largest absolute Gasteiger partial charge is 0.466 e. The van der Waals surface area contributed by atoms with Gasteiger partial charge in [-0.15, -0.1) is 0 Å². The Morgan fingerprint density at radius 2 is 1.90 bits per heavy atom. The molecule has 0 radical (unpaired) electrons. The van der Waals surface area contributed by atoms with Crippen molar-refractivity contribution in [2.45, 2.75) is 19.4 Å². The Morgan fingerprint density at radius 1 is 1.20 bits per heavy atom. The van der Waals surface area contributed by atoms with Crippen molar-refractivity contribution in [2.75, 3.05) is 7.11 Å². The predicted octanol–water partition coefficient (Wildman–Crippen LogP) is 3.56. The number of benzene rings is 2. The minimum Gasteiger partial charge on any atom is -0.466 e. The van der Waals surface area contributed by atoms with Gasteiger partial charge in [-0.25, -0.2) is 9.79 Å². The zero-order chi connectivity index (χ0) is 21.3. The van der Waals surface area contributed by atoms with Crippen LogP contribution in [0.4, 0.5) is 0 Å². The summed E-state index contributed by atoms with van der Waals surface area (Å²) in [5, 5.41) is 0. The average Bonchev–Trinajstić information content (AvgIpc) is 3.08. The van der Waals surface area contributed by atoms with Crippen LogP contribution in [0.15, 0.2) is 80.1 Å². The molecule has 0 spiro atoms. The SMILES string of the molecule is CCC1=C(C(=O)OC)[C@H](c2ccccc2)n2c(s/c(=C\c3ccc(Br)cc3)c2=O)=N1. The zero-order valence-electron chi connectivity index (χ0n) is 16.5. The number of halogens is 1. The van der Waals surface area contributed by atoms with E-state index in [0.29, 0.717) is 27.0 Å². The smallest absolute Gasteiger partial charge is 0.338 e. The molecule has 1 atom stereocenters. The highest BCUT2D eigenvalue weighted by Crippen LogP contribution is 2.31. The Hall–Kier alpha value is -2.77. The van der Waals surface area contributed by atoms with E-state index in [0.717, 1.165) is 15.6 Å². The van der Waals surface area contributed by atoms with Crippen LogP contribution < -0.4 is 14.9 Å². The second-order valence-electron chi connectivity index (χ2n) is 6.75. The van der Waals surface area contributed by atoms with Crippen molar-refractivity contribution in [2.24, 2.45) is 4.99 Å². The van der Waals surface area contributed by atoms with Crippen molar-refractivity contribution >= 4 is 39.3 Å². The number of hydrogen-bond acceptors (Lipinski definition) is 5. The van der Waals surface area contributed by atoms with Crippen LogP contribution in [-0.4, -0.2) is 17.6 Å². The molecule has 0 N–H and O–H groups in total. The van der Waals surface area contributed by atoms with Crippen LogP contribution in [0.25, 0.3) is 6.08 Å². The molecule has 0 saturated heterocycles. The van der Waals surface area contributed by atoms with Crippen LogP contribution in [0.5, 0.6) is 0 Å². The van der Waals surface area contributed by atoms with Crippen molar-refractivity contribution < 1.29 is 9.53 Å². The first-order valence-electron chi connectivity index (χ1n) is 9.47. The number of rotatable bonds is 4. The second-order valence-corrected chi connectivity index (χ2v) is 8.68. The molecule has 152 valence electrons. The molecule has 2 aromatic carbocycles. The molecule has 7 heteroatoms. The third-order valence-corrected chi connectivity index (χ3v) is 6.44. The van der Waals surface area contributed by atoms with Crippen LogP contribution in [0.2, 0.25) is 0 Å². The lowest BCUT2D eigenvalue weighted by atomic mass is 9.95. The van der Waals surface area contributed by atoms with Gasteiger partial charge in [0.15, 0.2) is 4.80 Å². The number of carbonyl (C=O) groups excluding carboxylic acids is 1. The van der Waals surface area contributed by atoms with E-state index in [-0.39, 0.29) is 5.56 Å². The maximum absolute atomic E-state index is 13.4. The van der Waals surface area contributed by atoms with Crippen molar-refractivity contribution in [1.29, 1.82) is 0 Å². The van der Waals surface area contributed by atoms with E-state index in [9.17, 15) is 9.59 Å². The number of nitrogens with zero attached hydrogens (tertiary/aromatic N) is 2. The topological polar surface area (TPSA) is 60.7 Å².